The van der Waals surface area contributed by atoms with E-state index >= 15 is 0 Å². The Hall–Kier alpha value is -3.84. The SMILES string of the molecule is CC[C@@H]1C[C@@H]2C[C@H](C)CC(c3ccc(-c4nc(-c5ccc(C#N)cc5)nc(-c5ccc(C67CC(C[C@@H](C)C6)C[C@H](C)C7)cc5)n4)cc3)(C1)C2. The predicted octanol–water partition coefficient (Wildman–Crippen LogP) is 11.3. The number of hydrogen-bond donors (Lipinski definition) is 0. The average Bonchev–Trinajstić information content (AvgIpc) is 3.10. The third-order valence-corrected chi connectivity index (χ3v) is 13.1. The zero-order valence-corrected chi connectivity index (χ0v) is 30.0. The molecule has 4 bridgehead atoms. The van der Waals surface area contributed by atoms with Gasteiger partial charge in [-0.05, 0) is 146 Å². The van der Waals surface area contributed by atoms with Crippen molar-refractivity contribution in [3.05, 3.63) is 89.5 Å². The summed E-state index contributed by atoms with van der Waals surface area (Å²) in [6.45, 7) is 9.76. The molecule has 0 N–H and O–H groups in total. The first-order valence-electron chi connectivity index (χ1n) is 19.2. The fraction of sp³-hybridized carbons (Fsp3) is 0.511. The molecule has 4 aromatic rings. The van der Waals surface area contributed by atoms with Crippen LogP contribution in [0.25, 0.3) is 34.2 Å². The number of nitrogens with zero attached hydrogens (tertiary/aromatic N) is 4. The van der Waals surface area contributed by atoms with E-state index in [1.807, 2.05) is 24.3 Å². The van der Waals surface area contributed by atoms with Crippen LogP contribution in [0.5, 0.6) is 0 Å². The molecule has 49 heavy (non-hydrogen) atoms. The molecule has 1 aromatic heterocycles. The second kappa shape index (κ2) is 12.8. The zero-order chi connectivity index (χ0) is 33.8. The third-order valence-electron chi connectivity index (χ3n) is 13.1. The summed E-state index contributed by atoms with van der Waals surface area (Å²) in [5, 5.41) is 9.41. The van der Waals surface area contributed by atoms with Gasteiger partial charge in [-0.1, -0.05) is 82.6 Å². The van der Waals surface area contributed by atoms with Gasteiger partial charge >= 0.3 is 0 Å². The van der Waals surface area contributed by atoms with Crippen molar-refractivity contribution in [2.75, 3.05) is 0 Å². The Morgan fingerprint density at radius 3 is 1.35 bits per heavy atom. The Morgan fingerprint density at radius 2 is 0.939 bits per heavy atom. The number of hydrogen-bond acceptors (Lipinski definition) is 4. The molecule has 8 rings (SSSR count). The van der Waals surface area contributed by atoms with Crippen LogP contribution in [0.3, 0.4) is 0 Å². The van der Waals surface area contributed by atoms with Crippen LogP contribution in [-0.4, -0.2) is 15.0 Å². The highest BCUT2D eigenvalue weighted by molar-refractivity contribution is 5.67. The topological polar surface area (TPSA) is 62.5 Å². The Kier molecular flexibility index (Phi) is 8.46. The van der Waals surface area contributed by atoms with Gasteiger partial charge in [-0.3, -0.25) is 0 Å². The van der Waals surface area contributed by atoms with Crippen molar-refractivity contribution in [3.63, 3.8) is 0 Å². The van der Waals surface area contributed by atoms with E-state index < -0.39 is 0 Å². The lowest BCUT2D eigenvalue weighted by atomic mass is 9.54. The third kappa shape index (κ3) is 6.24. The highest BCUT2D eigenvalue weighted by Gasteiger charge is 2.46. The molecule has 4 aliphatic carbocycles. The molecule has 4 aliphatic rings. The van der Waals surface area contributed by atoms with Gasteiger partial charge in [0.2, 0.25) is 0 Å². The molecule has 252 valence electrons. The Bertz CT molecular complexity index is 1810. The monoisotopic (exact) mass is 648 g/mol. The average molecular weight is 649 g/mol. The van der Waals surface area contributed by atoms with Crippen LogP contribution in [-0.2, 0) is 10.8 Å². The van der Waals surface area contributed by atoms with Gasteiger partial charge in [-0.2, -0.15) is 5.26 Å². The van der Waals surface area contributed by atoms with Crippen molar-refractivity contribution >= 4 is 0 Å². The Balaban J connectivity index is 1.15. The predicted molar refractivity (Wildman–Crippen MR) is 199 cm³/mol. The molecule has 4 heteroatoms. The number of aromatic nitrogens is 3. The van der Waals surface area contributed by atoms with Crippen LogP contribution in [0, 0.1) is 46.8 Å². The van der Waals surface area contributed by atoms with E-state index in [0.29, 0.717) is 33.9 Å². The van der Waals surface area contributed by atoms with E-state index in [1.165, 1.54) is 81.8 Å². The Labute approximate surface area is 293 Å². The molecular weight excluding hydrogens is 597 g/mol. The Morgan fingerprint density at radius 1 is 0.551 bits per heavy atom. The molecule has 3 aromatic carbocycles. The van der Waals surface area contributed by atoms with E-state index in [-0.39, 0.29) is 0 Å². The van der Waals surface area contributed by atoms with Crippen molar-refractivity contribution in [2.24, 2.45) is 35.5 Å². The quantitative estimate of drug-likeness (QED) is 0.209. The van der Waals surface area contributed by atoms with E-state index in [2.05, 4.69) is 82.3 Å². The van der Waals surface area contributed by atoms with Gasteiger partial charge in [0.05, 0.1) is 11.6 Å². The molecule has 0 radical (unpaired) electrons. The second-order valence-corrected chi connectivity index (χ2v) is 17.2. The summed E-state index contributed by atoms with van der Waals surface area (Å²) in [6, 6.07) is 28.3. The van der Waals surface area contributed by atoms with Crippen LogP contribution in [0.1, 0.15) is 115 Å². The molecule has 0 aliphatic heterocycles. The summed E-state index contributed by atoms with van der Waals surface area (Å²) < 4.78 is 0. The molecular formula is C45H52N4. The minimum absolute atomic E-state index is 0.295. The maximum Gasteiger partial charge on any atom is 0.164 e. The number of rotatable bonds is 6. The first-order valence-corrected chi connectivity index (χ1v) is 19.2. The molecule has 4 fully saturated rings. The molecule has 0 amide bonds. The van der Waals surface area contributed by atoms with Crippen LogP contribution in [0.4, 0.5) is 0 Å². The number of nitriles is 1. The van der Waals surface area contributed by atoms with Crippen LogP contribution in [0.15, 0.2) is 72.8 Å². The van der Waals surface area contributed by atoms with Gasteiger partial charge in [0.1, 0.15) is 0 Å². The minimum atomic E-state index is 0.295. The van der Waals surface area contributed by atoms with Crippen molar-refractivity contribution in [2.45, 2.75) is 109 Å². The summed E-state index contributed by atoms with van der Waals surface area (Å²) in [4.78, 5) is 15.2. The normalized spacial score (nSPS) is 32.3. The largest absolute Gasteiger partial charge is 0.208 e. The maximum absolute atomic E-state index is 9.41. The number of benzene rings is 3. The molecule has 4 nitrogen and oxygen atoms in total. The van der Waals surface area contributed by atoms with Gasteiger partial charge in [0, 0.05) is 16.7 Å². The standard InChI is InChI=1S/C45H52N4/c1-5-32-21-35-20-31(4)24-45(25-32,27-35)40-16-12-38(13-17-40)43-48-41(36-8-6-33(28-46)7-9-36)47-42(49-43)37-10-14-39(15-11-37)44-22-29(2)18-34(26-44)19-30(3)23-44/h6-17,29-32,34-35H,5,18-27H2,1-4H3/t29-,30+,31-,32+,34?,35-,44?,45?/m0/s1. The summed E-state index contributed by atoms with van der Waals surface area (Å²) in [5.74, 6) is 6.94. The highest BCUT2D eigenvalue weighted by atomic mass is 15.0. The highest BCUT2D eigenvalue weighted by Crippen LogP contribution is 2.56. The van der Waals surface area contributed by atoms with Crippen LogP contribution >= 0.6 is 0 Å². The second-order valence-electron chi connectivity index (χ2n) is 17.2. The zero-order valence-electron chi connectivity index (χ0n) is 30.0. The van der Waals surface area contributed by atoms with E-state index in [9.17, 15) is 5.26 Å². The van der Waals surface area contributed by atoms with E-state index in [0.717, 1.165) is 52.2 Å². The summed E-state index contributed by atoms with van der Waals surface area (Å²) in [7, 11) is 0. The van der Waals surface area contributed by atoms with E-state index in [1.54, 1.807) is 0 Å². The molecule has 4 saturated carbocycles. The van der Waals surface area contributed by atoms with Gasteiger partial charge in [0.15, 0.2) is 17.5 Å². The lowest BCUT2D eigenvalue weighted by Crippen LogP contribution is -2.42. The van der Waals surface area contributed by atoms with Gasteiger partial charge in [-0.15, -0.1) is 0 Å². The lowest BCUT2D eigenvalue weighted by molar-refractivity contribution is 0.0702. The van der Waals surface area contributed by atoms with Crippen molar-refractivity contribution < 1.29 is 0 Å². The van der Waals surface area contributed by atoms with Gasteiger partial charge in [0.25, 0.3) is 0 Å². The summed E-state index contributed by atoms with van der Waals surface area (Å²) in [5.41, 5.74) is 7.15. The summed E-state index contributed by atoms with van der Waals surface area (Å²) in [6.07, 6.45) is 14.7. The lowest BCUT2D eigenvalue weighted by Gasteiger charge is -2.51. The smallest absolute Gasteiger partial charge is 0.164 e. The first-order chi connectivity index (χ1) is 23.7. The molecule has 3 unspecified atom stereocenters. The van der Waals surface area contributed by atoms with Crippen molar-refractivity contribution in [1.82, 2.24) is 15.0 Å². The summed E-state index contributed by atoms with van der Waals surface area (Å²) >= 11 is 0. The number of fused-ring (bicyclic) bond motifs is 4. The van der Waals surface area contributed by atoms with Gasteiger partial charge < -0.3 is 0 Å². The fourth-order valence-corrected chi connectivity index (χ4v) is 11.6. The van der Waals surface area contributed by atoms with Crippen LogP contribution in [0.2, 0.25) is 0 Å². The van der Waals surface area contributed by atoms with Gasteiger partial charge in [-0.25, -0.2) is 15.0 Å². The molecule has 0 spiro atoms. The molecule has 1 heterocycles. The van der Waals surface area contributed by atoms with Crippen molar-refractivity contribution in [1.29, 1.82) is 5.26 Å². The van der Waals surface area contributed by atoms with Crippen molar-refractivity contribution in [3.8, 4) is 40.2 Å². The minimum Gasteiger partial charge on any atom is -0.208 e. The van der Waals surface area contributed by atoms with E-state index in [4.69, 9.17) is 15.0 Å². The molecule has 0 saturated heterocycles. The molecule has 8 atom stereocenters. The fourth-order valence-electron chi connectivity index (χ4n) is 11.6. The maximum atomic E-state index is 9.41. The van der Waals surface area contributed by atoms with Crippen LogP contribution < -0.4 is 0 Å². The first kappa shape index (κ1) is 32.4.